The molecule has 0 aliphatic carbocycles. The van der Waals surface area contributed by atoms with Crippen molar-refractivity contribution in [2.75, 3.05) is 0 Å². The zero-order valence-corrected chi connectivity index (χ0v) is 15.3. The lowest BCUT2D eigenvalue weighted by Crippen LogP contribution is -2.21. The number of thiazole rings is 1. The van der Waals surface area contributed by atoms with Crippen molar-refractivity contribution in [3.8, 4) is 11.3 Å². The summed E-state index contributed by atoms with van der Waals surface area (Å²) in [6.07, 6.45) is 4.07. The van der Waals surface area contributed by atoms with Gasteiger partial charge >= 0.3 is 0 Å². The molecule has 0 fully saturated rings. The molecule has 23 heavy (non-hydrogen) atoms. The van der Waals surface area contributed by atoms with Crippen LogP contribution in [0.15, 0.2) is 17.5 Å². The molecule has 1 amide bonds. The van der Waals surface area contributed by atoms with Gasteiger partial charge < -0.3 is 5.73 Å². The van der Waals surface area contributed by atoms with Gasteiger partial charge in [0.15, 0.2) is 0 Å². The van der Waals surface area contributed by atoms with Crippen LogP contribution in [0.4, 0.5) is 0 Å². The summed E-state index contributed by atoms with van der Waals surface area (Å²) in [4.78, 5) is 16.6. The van der Waals surface area contributed by atoms with Gasteiger partial charge in [-0.05, 0) is 38.3 Å². The normalized spacial score (nSPS) is 12.3. The van der Waals surface area contributed by atoms with Gasteiger partial charge in [-0.1, -0.05) is 43.9 Å². The van der Waals surface area contributed by atoms with E-state index in [1.807, 2.05) is 0 Å². The summed E-state index contributed by atoms with van der Waals surface area (Å²) in [6.45, 7) is 8.49. The summed E-state index contributed by atoms with van der Waals surface area (Å²) in [7, 11) is 0. The maximum absolute atomic E-state index is 11.8. The van der Waals surface area contributed by atoms with E-state index in [9.17, 15) is 4.79 Å². The first-order valence-electron chi connectivity index (χ1n) is 8.27. The molecule has 1 aromatic heterocycles. The maximum Gasteiger partial charge on any atom is 0.227 e. The van der Waals surface area contributed by atoms with E-state index in [0.717, 1.165) is 36.4 Å². The van der Waals surface area contributed by atoms with E-state index in [4.69, 9.17) is 10.7 Å². The zero-order valence-electron chi connectivity index (χ0n) is 14.5. The minimum atomic E-state index is -0.264. The molecule has 0 aliphatic heterocycles. The van der Waals surface area contributed by atoms with Gasteiger partial charge in [0.1, 0.15) is 5.01 Å². The topological polar surface area (TPSA) is 56.0 Å². The van der Waals surface area contributed by atoms with E-state index >= 15 is 0 Å². The fourth-order valence-corrected chi connectivity index (χ4v) is 4.08. The third-order valence-electron chi connectivity index (χ3n) is 4.19. The number of nitrogens with zero attached hydrogens (tertiary/aromatic N) is 1. The second-order valence-corrected chi connectivity index (χ2v) is 7.19. The van der Waals surface area contributed by atoms with Crippen molar-refractivity contribution in [2.24, 2.45) is 5.73 Å². The molecule has 1 heterocycles. The smallest absolute Gasteiger partial charge is 0.227 e. The van der Waals surface area contributed by atoms with Crippen LogP contribution in [0, 0.1) is 20.8 Å². The molecular weight excluding hydrogens is 304 g/mol. The first-order valence-corrected chi connectivity index (χ1v) is 9.15. The molecule has 1 aromatic carbocycles. The molecule has 0 saturated heterocycles. The van der Waals surface area contributed by atoms with Gasteiger partial charge in [0.2, 0.25) is 5.91 Å². The molecule has 2 aromatic rings. The van der Waals surface area contributed by atoms with E-state index in [-0.39, 0.29) is 11.8 Å². The zero-order chi connectivity index (χ0) is 17.0. The average molecular weight is 330 g/mol. The Morgan fingerprint density at radius 2 is 1.87 bits per heavy atom. The Hall–Kier alpha value is -1.68. The molecule has 2 rings (SSSR count). The van der Waals surface area contributed by atoms with Crippen molar-refractivity contribution in [3.63, 3.8) is 0 Å². The number of amides is 1. The van der Waals surface area contributed by atoms with Crippen LogP contribution in [-0.4, -0.2) is 10.9 Å². The van der Waals surface area contributed by atoms with Crippen LogP contribution in [0.5, 0.6) is 0 Å². The number of carbonyl (C=O) groups is 1. The van der Waals surface area contributed by atoms with Crippen LogP contribution in [0.2, 0.25) is 0 Å². The van der Waals surface area contributed by atoms with Gasteiger partial charge in [0.05, 0.1) is 11.6 Å². The molecule has 1 unspecified atom stereocenters. The molecule has 2 N–H and O–H groups in total. The minimum absolute atomic E-state index is 0.258. The molecule has 0 radical (unpaired) electrons. The molecule has 0 bridgehead atoms. The summed E-state index contributed by atoms with van der Waals surface area (Å²) < 4.78 is 0. The summed E-state index contributed by atoms with van der Waals surface area (Å²) >= 11 is 1.55. The van der Waals surface area contributed by atoms with E-state index < -0.39 is 0 Å². The number of aryl methyl sites for hydroxylation is 3. The highest BCUT2D eigenvalue weighted by atomic mass is 32.1. The largest absolute Gasteiger partial charge is 0.369 e. The first kappa shape index (κ1) is 17.7. The molecule has 0 saturated carbocycles. The molecule has 1 atom stereocenters. The lowest BCUT2D eigenvalue weighted by molar-refractivity contribution is -0.119. The maximum atomic E-state index is 11.8. The standard InChI is InChI=1S/C19H26N2OS/c1-5-6-7-8-15(18(20)22)19-21-16(11-23-19)17-13(3)9-12(2)10-14(17)4/h9-11,15H,5-8H2,1-4H3,(H2,20,22). The number of primary amides is 1. The van der Waals surface area contributed by atoms with Gasteiger partial charge in [-0.2, -0.15) is 0 Å². The third kappa shape index (κ3) is 4.20. The van der Waals surface area contributed by atoms with Crippen molar-refractivity contribution in [1.29, 1.82) is 0 Å². The fraction of sp³-hybridized carbons (Fsp3) is 0.474. The van der Waals surface area contributed by atoms with Gasteiger partial charge in [-0.3, -0.25) is 4.79 Å². The van der Waals surface area contributed by atoms with Gasteiger partial charge in [-0.15, -0.1) is 11.3 Å². The van der Waals surface area contributed by atoms with Crippen LogP contribution >= 0.6 is 11.3 Å². The second kappa shape index (κ2) is 7.73. The Morgan fingerprint density at radius 1 is 1.22 bits per heavy atom. The number of benzene rings is 1. The van der Waals surface area contributed by atoms with Gasteiger partial charge in [0, 0.05) is 10.9 Å². The Balaban J connectivity index is 2.30. The molecule has 4 heteroatoms. The molecule has 0 spiro atoms. The quantitative estimate of drug-likeness (QED) is 0.735. The fourth-order valence-electron chi connectivity index (χ4n) is 3.13. The van der Waals surface area contributed by atoms with E-state index in [2.05, 4.69) is 45.2 Å². The number of hydrogen-bond acceptors (Lipinski definition) is 3. The van der Waals surface area contributed by atoms with Crippen LogP contribution in [-0.2, 0) is 4.79 Å². The van der Waals surface area contributed by atoms with Crippen LogP contribution < -0.4 is 5.73 Å². The number of unbranched alkanes of at least 4 members (excludes halogenated alkanes) is 2. The van der Waals surface area contributed by atoms with Gasteiger partial charge in [-0.25, -0.2) is 4.98 Å². The number of hydrogen-bond donors (Lipinski definition) is 1. The number of carbonyl (C=O) groups excluding carboxylic acids is 1. The van der Waals surface area contributed by atoms with Crippen molar-refractivity contribution in [1.82, 2.24) is 4.98 Å². The Labute approximate surface area is 142 Å². The van der Waals surface area contributed by atoms with Crippen LogP contribution in [0.1, 0.15) is 60.2 Å². The summed E-state index contributed by atoms with van der Waals surface area (Å²) in [5.41, 5.74) is 11.4. The predicted molar refractivity (Wildman–Crippen MR) is 97.8 cm³/mol. The first-order chi connectivity index (χ1) is 10.9. The van der Waals surface area contributed by atoms with Crippen molar-refractivity contribution >= 4 is 17.2 Å². The minimum Gasteiger partial charge on any atom is -0.369 e. The lowest BCUT2D eigenvalue weighted by Gasteiger charge is -2.11. The predicted octanol–water partition coefficient (Wildman–Crippen LogP) is 4.88. The number of nitrogens with two attached hydrogens (primary N) is 1. The summed E-state index contributed by atoms with van der Waals surface area (Å²) in [5, 5.41) is 2.90. The van der Waals surface area contributed by atoms with Gasteiger partial charge in [0.25, 0.3) is 0 Å². The highest BCUT2D eigenvalue weighted by Gasteiger charge is 2.22. The molecule has 0 aliphatic rings. The summed E-state index contributed by atoms with van der Waals surface area (Å²) in [6, 6.07) is 4.35. The molecular formula is C19H26N2OS. The number of aromatic nitrogens is 1. The van der Waals surface area contributed by atoms with E-state index in [1.54, 1.807) is 11.3 Å². The average Bonchev–Trinajstić information content (AvgIpc) is 2.91. The van der Waals surface area contributed by atoms with Crippen LogP contribution in [0.25, 0.3) is 11.3 Å². The lowest BCUT2D eigenvalue weighted by atomic mass is 9.97. The third-order valence-corrected chi connectivity index (χ3v) is 5.15. The highest BCUT2D eigenvalue weighted by Crippen LogP contribution is 2.33. The molecule has 124 valence electrons. The Morgan fingerprint density at radius 3 is 2.43 bits per heavy atom. The van der Waals surface area contributed by atoms with Crippen molar-refractivity contribution in [2.45, 2.75) is 59.3 Å². The van der Waals surface area contributed by atoms with E-state index in [1.165, 1.54) is 22.3 Å². The molecule has 3 nitrogen and oxygen atoms in total. The second-order valence-electron chi connectivity index (χ2n) is 6.30. The van der Waals surface area contributed by atoms with Crippen molar-refractivity contribution < 1.29 is 4.79 Å². The SMILES string of the molecule is CCCCCC(C(N)=O)c1nc(-c2c(C)cc(C)cc2C)cs1. The Bertz CT molecular complexity index is 667. The monoisotopic (exact) mass is 330 g/mol. The van der Waals surface area contributed by atoms with Crippen molar-refractivity contribution in [3.05, 3.63) is 39.2 Å². The number of rotatable bonds is 7. The van der Waals surface area contributed by atoms with Crippen LogP contribution in [0.3, 0.4) is 0 Å². The summed E-state index contributed by atoms with van der Waals surface area (Å²) in [5.74, 6) is -0.522. The Kier molecular flexibility index (Phi) is 5.94. The highest BCUT2D eigenvalue weighted by molar-refractivity contribution is 7.10. The van der Waals surface area contributed by atoms with E-state index in [0.29, 0.717) is 0 Å².